The van der Waals surface area contributed by atoms with Crippen molar-refractivity contribution >= 4 is 0 Å². The van der Waals surface area contributed by atoms with Gasteiger partial charge in [-0.05, 0) is 45.2 Å². The van der Waals surface area contributed by atoms with Crippen molar-refractivity contribution in [1.82, 2.24) is 5.32 Å². The standard InChI is InChI=1S/C13H25NO/c1-14-10-11-8-13(9-11)15-12-6-4-2-3-5-7-12/h11-14H,2-10H2,1H3. The number of ether oxygens (including phenoxy) is 1. The van der Waals surface area contributed by atoms with E-state index >= 15 is 0 Å². The molecule has 0 atom stereocenters. The predicted molar refractivity (Wildman–Crippen MR) is 63.0 cm³/mol. The largest absolute Gasteiger partial charge is 0.375 e. The van der Waals surface area contributed by atoms with Crippen LogP contribution in [0, 0.1) is 5.92 Å². The van der Waals surface area contributed by atoms with Gasteiger partial charge in [-0.25, -0.2) is 0 Å². The summed E-state index contributed by atoms with van der Waals surface area (Å²) in [5.41, 5.74) is 0. The average molecular weight is 211 g/mol. The van der Waals surface area contributed by atoms with E-state index in [1.54, 1.807) is 0 Å². The average Bonchev–Trinajstić information content (AvgIpc) is 2.43. The van der Waals surface area contributed by atoms with Crippen molar-refractivity contribution in [3.05, 3.63) is 0 Å². The summed E-state index contributed by atoms with van der Waals surface area (Å²) in [5, 5.41) is 3.25. The van der Waals surface area contributed by atoms with Crippen molar-refractivity contribution in [2.24, 2.45) is 5.92 Å². The van der Waals surface area contributed by atoms with Crippen molar-refractivity contribution in [2.45, 2.75) is 63.6 Å². The van der Waals surface area contributed by atoms with Crippen LogP contribution in [-0.4, -0.2) is 25.8 Å². The van der Waals surface area contributed by atoms with Gasteiger partial charge in [0.15, 0.2) is 0 Å². The SMILES string of the molecule is CNCC1CC(OC2CCCCCC2)C1. The molecule has 2 aliphatic rings. The number of hydrogen-bond acceptors (Lipinski definition) is 2. The first-order chi connectivity index (χ1) is 7.38. The molecule has 2 nitrogen and oxygen atoms in total. The van der Waals surface area contributed by atoms with Gasteiger partial charge >= 0.3 is 0 Å². The Bertz CT molecular complexity index is 169. The van der Waals surface area contributed by atoms with Gasteiger partial charge in [0.2, 0.25) is 0 Å². The van der Waals surface area contributed by atoms with Crippen molar-refractivity contribution < 1.29 is 4.74 Å². The Morgan fingerprint density at radius 2 is 1.67 bits per heavy atom. The minimum Gasteiger partial charge on any atom is -0.375 e. The highest BCUT2D eigenvalue weighted by atomic mass is 16.5. The van der Waals surface area contributed by atoms with E-state index in [1.807, 2.05) is 7.05 Å². The molecule has 0 heterocycles. The molecule has 0 aromatic heterocycles. The zero-order valence-corrected chi connectivity index (χ0v) is 10.0. The second-order valence-corrected chi connectivity index (χ2v) is 5.27. The maximum Gasteiger partial charge on any atom is 0.0585 e. The molecule has 2 rings (SSSR count). The van der Waals surface area contributed by atoms with Gasteiger partial charge < -0.3 is 10.1 Å². The van der Waals surface area contributed by atoms with Crippen LogP contribution in [0.3, 0.4) is 0 Å². The van der Waals surface area contributed by atoms with E-state index in [1.165, 1.54) is 57.9 Å². The van der Waals surface area contributed by atoms with Gasteiger partial charge in [0.1, 0.15) is 0 Å². The summed E-state index contributed by atoms with van der Waals surface area (Å²) in [5.74, 6) is 0.880. The number of rotatable bonds is 4. The fraction of sp³-hybridized carbons (Fsp3) is 1.00. The monoisotopic (exact) mass is 211 g/mol. The molecule has 0 aromatic carbocycles. The summed E-state index contributed by atoms with van der Waals surface area (Å²) in [4.78, 5) is 0. The highest BCUT2D eigenvalue weighted by Crippen LogP contribution is 2.32. The van der Waals surface area contributed by atoms with Crippen molar-refractivity contribution in [3.8, 4) is 0 Å². The summed E-state index contributed by atoms with van der Waals surface area (Å²) >= 11 is 0. The Labute approximate surface area is 93.8 Å². The van der Waals surface area contributed by atoms with E-state index in [0.717, 1.165) is 5.92 Å². The summed E-state index contributed by atoms with van der Waals surface area (Å²) in [7, 11) is 2.04. The molecule has 0 aromatic rings. The summed E-state index contributed by atoms with van der Waals surface area (Å²) < 4.78 is 6.16. The van der Waals surface area contributed by atoms with E-state index < -0.39 is 0 Å². The zero-order chi connectivity index (χ0) is 10.5. The van der Waals surface area contributed by atoms with Gasteiger partial charge in [-0.15, -0.1) is 0 Å². The predicted octanol–water partition coefficient (Wildman–Crippen LogP) is 2.72. The van der Waals surface area contributed by atoms with Crippen LogP contribution in [0.15, 0.2) is 0 Å². The second kappa shape index (κ2) is 5.86. The smallest absolute Gasteiger partial charge is 0.0585 e. The molecule has 0 amide bonds. The third kappa shape index (κ3) is 3.46. The topological polar surface area (TPSA) is 21.3 Å². The molecule has 0 radical (unpaired) electrons. The molecule has 2 fully saturated rings. The Hall–Kier alpha value is -0.0800. The van der Waals surface area contributed by atoms with Crippen LogP contribution in [-0.2, 0) is 4.74 Å². The van der Waals surface area contributed by atoms with Gasteiger partial charge in [0.25, 0.3) is 0 Å². The van der Waals surface area contributed by atoms with Crippen LogP contribution < -0.4 is 5.32 Å². The fourth-order valence-corrected chi connectivity index (χ4v) is 2.89. The molecule has 0 unspecified atom stereocenters. The molecular formula is C13H25NO. The summed E-state index contributed by atoms with van der Waals surface area (Å²) in [6.45, 7) is 1.17. The zero-order valence-electron chi connectivity index (χ0n) is 10.0. The first-order valence-corrected chi connectivity index (χ1v) is 6.68. The molecular weight excluding hydrogens is 186 g/mol. The van der Waals surface area contributed by atoms with Crippen molar-refractivity contribution in [3.63, 3.8) is 0 Å². The van der Waals surface area contributed by atoms with E-state index in [4.69, 9.17) is 4.74 Å². The Kier molecular flexibility index (Phi) is 4.45. The Morgan fingerprint density at radius 1 is 1.00 bits per heavy atom. The normalized spacial score (nSPS) is 33.4. The van der Waals surface area contributed by atoms with Gasteiger partial charge in [-0.1, -0.05) is 25.7 Å². The van der Waals surface area contributed by atoms with E-state index in [9.17, 15) is 0 Å². The van der Waals surface area contributed by atoms with E-state index in [2.05, 4.69) is 5.32 Å². The lowest BCUT2D eigenvalue weighted by Gasteiger charge is -2.37. The lowest BCUT2D eigenvalue weighted by molar-refractivity contribution is -0.0791. The van der Waals surface area contributed by atoms with Gasteiger partial charge in [0.05, 0.1) is 12.2 Å². The third-order valence-electron chi connectivity index (χ3n) is 3.87. The second-order valence-electron chi connectivity index (χ2n) is 5.27. The van der Waals surface area contributed by atoms with Crippen LogP contribution >= 0.6 is 0 Å². The number of hydrogen-bond donors (Lipinski definition) is 1. The van der Waals surface area contributed by atoms with Gasteiger partial charge in [-0.3, -0.25) is 0 Å². The molecule has 1 N–H and O–H groups in total. The Balaban J connectivity index is 1.61. The fourth-order valence-electron chi connectivity index (χ4n) is 2.89. The maximum absolute atomic E-state index is 6.16. The van der Waals surface area contributed by atoms with E-state index in [0.29, 0.717) is 12.2 Å². The first-order valence-electron chi connectivity index (χ1n) is 6.68. The summed E-state index contributed by atoms with van der Waals surface area (Å²) in [6, 6.07) is 0. The molecule has 0 aliphatic heterocycles. The molecule has 0 spiro atoms. The third-order valence-corrected chi connectivity index (χ3v) is 3.87. The minimum atomic E-state index is 0.589. The maximum atomic E-state index is 6.16. The first kappa shape index (κ1) is 11.4. The van der Waals surface area contributed by atoms with Crippen LogP contribution in [0.1, 0.15) is 51.4 Å². The van der Waals surface area contributed by atoms with Crippen LogP contribution in [0.5, 0.6) is 0 Å². The van der Waals surface area contributed by atoms with Gasteiger partial charge in [-0.2, -0.15) is 0 Å². The summed E-state index contributed by atoms with van der Waals surface area (Å²) in [6.07, 6.45) is 12.0. The van der Waals surface area contributed by atoms with Crippen LogP contribution in [0.25, 0.3) is 0 Å². The van der Waals surface area contributed by atoms with Crippen molar-refractivity contribution in [2.75, 3.05) is 13.6 Å². The minimum absolute atomic E-state index is 0.589. The quantitative estimate of drug-likeness (QED) is 0.722. The lowest BCUT2D eigenvalue weighted by Crippen LogP contribution is -2.39. The molecule has 0 bridgehead atoms. The Morgan fingerprint density at radius 3 is 2.27 bits per heavy atom. The highest BCUT2D eigenvalue weighted by Gasteiger charge is 2.31. The number of nitrogens with one attached hydrogen (secondary N) is 1. The van der Waals surface area contributed by atoms with Gasteiger partial charge in [0, 0.05) is 0 Å². The molecule has 2 heteroatoms. The van der Waals surface area contributed by atoms with Crippen molar-refractivity contribution in [1.29, 1.82) is 0 Å². The molecule has 0 saturated heterocycles. The molecule has 2 saturated carbocycles. The van der Waals surface area contributed by atoms with Crippen LogP contribution in [0.2, 0.25) is 0 Å². The van der Waals surface area contributed by atoms with Crippen LogP contribution in [0.4, 0.5) is 0 Å². The highest BCUT2D eigenvalue weighted by molar-refractivity contribution is 4.82. The lowest BCUT2D eigenvalue weighted by atomic mass is 9.82. The molecule has 2 aliphatic carbocycles. The van der Waals surface area contributed by atoms with E-state index in [-0.39, 0.29) is 0 Å². The molecule has 88 valence electrons. The molecule has 15 heavy (non-hydrogen) atoms.